The van der Waals surface area contributed by atoms with E-state index >= 15 is 0 Å². The Morgan fingerprint density at radius 3 is 2.54 bits per heavy atom. The molecule has 0 aliphatic rings. The molecule has 24 heavy (non-hydrogen) atoms. The standard InChI is InChI=1S/C18H23FN2O2S/c1-13-7-8-15(19)17(10-13)24(22,23)21-16(11-18(2,3)4)14-6-5-9-20-12-14/h5-10,12,16,21H,11H2,1-4H3. The minimum Gasteiger partial charge on any atom is -0.264 e. The average Bonchev–Trinajstić information content (AvgIpc) is 2.48. The Kier molecular flexibility index (Phi) is 5.40. The molecule has 0 saturated carbocycles. The van der Waals surface area contributed by atoms with Gasteiger partial charge in [-0.25, -0.2) is 17.5 Å². The van der Waals surface area contributed by atoms with Gasteiger partial charge in [0.05, 0.1) is 0 Å². The van der Waals surface area contributed by atoms with Gasteiger partial charge in [0.1, 0.15) is 10.7 Å². The smallest absolute Gasteiger partial charge is 0.244 e. The van der Waals surface area contributed by atoms with Crippen LogP contribution in [-0.4, -0.2) is 13.4 Å². The van der Waals surface area contributed by atoms with E-state index in [0.29, 0.717) is 12.0 Å². The van der Waals surface area contributed by atoms with E-state index in [2.05, 4.69) is 9.71 Å². The van der Waals surface area contributed by atoms with Gasteiger partial charge in [-0.2, -0.15) is 0 Å². The second-order valence-corrected chi connectivity index (χ2v) is 8.84. The van der Waals surface area contributed by atoms with E-state index in [0.717, 1.165) is 5.56 Å². The second-order valence-electron chi connectivity index (χ2n) is 7.16. The minimum absolute atomic E-state index is 0.117. The fraction of sp³-hybridized carbons (Fsp3) is 0.389. The van der Waals surface area contributed by atoms with E-state index < -0.39 is 21.9 Å². The molecule has 2 aromatic rings. The normalized spacial score (nSPS) is 13.7. The summed E-state index contributed by atoms with van der Waals surface area (Å²) in [6, 6.07) is 7.15. The van der Waals surface area contributed by atoms with E-state index in [1.807, 2.05) is 26.8 Å². The Balaban J connectivity index is 2.39. The van der Waals surface area contributed by atoms with Crippen LogP contribution in [-0.2, 0) is 10.0 Å². The molecule has 1 N–H and O–H groups in total. The van der Waals surface area contributed by atoms with E-state index in [4.69, 9.17) is 0 Å². The first-order chi connectivity index (χ1) is 11.1. The fourth-order valence-corrected chi connectivity index (χ4v) is 3.88. The van der Waals surface area contributed by atoms with Gasteiger partial charge in [0.2, 0.25) is 10.0 Å². The molecular weight excluding hydrogens is 327 g/mol. The van der Waals surface area contributed by atoms with Crippen LogP contribution >= 0.6 is 0 Å². The number of rotatable bonds is 5. The number of hydrogen-bond donors (Lipinski definition) is 1. The Bertz CT molecular complexity index is 800. The average molecular weight is 350 g/mol. The van der Waals surface area contributed by atoms with Gasteiger partial charge in [0.15, 0.2) is 0 Å². The predicted molar refractivity (Wildman–Crippen MR) is 92.5 cm³/mol. The summed E-state index contributed by atoms with van der Waals surface area (Å²) in [6.45, 7) is 7.81. The molecule has 0 amide bonds. The third kappa shape index (κ3) is 4.85. The summed E-state index contributed by atoms with van der Waals surface area (Å²) in [7, 11) is -3.99. The summed E-state index contributed by atoms with van der Waals surface area (Å²) in [5.74, 6) is -0.756. The van der Waals surface area contributed by atoms with Crippen molar-refractivity contribution in [2.75, 3.05) is 0 Å². The summed E-state index contributed by atoms with van der Waals surface area (Å²) >= 11 is 0. The van der Waals surface area contributed by atoms with Crippen molar-refractivity contribution in [1.82, 2.24) is 9.71 Å². The van der Waals surface area contributed by atoms with Crippen LogP contribution in [0.2, 0.25) is 0 Å². The highest BCUT2D eigenvalue weighted by Gasteiger charge is 2.27. The molecule has 0 bridgehead atoms. The predicted octanol–water partition coefficient (Wildman–Crippen LogP) is 3.98. The maximum absolute atomic E-state index is 14.0. The number of nitrogens with zero attached hydrogens (tertiary/aromatic N) is 1. The number of benzene rings is 1. The van der Waals surface area contributed by atoms with E-state index in [9.17, 15) is 12.8 Å². The second kappa shape index (κ2) is 6.99. The molecule has 0 aliphatic heterocycles. The molecule has 0 saturated heterocycles. The molecule has 2 rings (SSSR count). The lowest BCUT2D eigenvalue weighted by atomic mass is 9.86. The number of aryl methyl sites for hydroxylation is 1. The summed E-state index contributed by atoms with van der Waals surface area (Å²) < 4.78 is 42.1. The van der Waals surface area contributed by atoms with Crippen molar-refractivity contribution in [1.29, 1.82) is 0 Å². The molecule has 1 aromatic carbocycles. The van der Waals surface area contributed by atoms with Gasteiger partial charge >= 0.3 is 0 Å². The number of nitrogens with one attached hydrogen (secondary N) is 1. The number of halogens is 1. The highest BCUT2D eigenvalue weighted by Crippen LogP contribution is 2.30. The van der Waals surface area contributed by atoms with Crippen molar-refractivity contribution in [3.05, 3.63) is 59.7 Å². The minimum atomic E-state index is -3.99. The lowest BCUT2D eigenvalue weighted by molar-refractivity contribution is 0.330. The lowest BCUT2D eigenvalue weighted by Crippen LogP contribution is -2.32. The van der Waals surface area contributed by atoms with Crippen LogP contribution in [0.4, 0.5) is 4.39 Å². The number of pyridine rings is 1. The first-order valence-electron chi connectivity index (χ1n) is 7.77. The van der Waals surface area contributed by atoms with Crippen LogP contribution in [0.1, 0.15) is 44.4 Å². The zero-order valence-corrected chi connectivity index (χ0v) is 15.2. The zero-order valence-electron chi connectivity index (χ0n) is 14.4. The molecule has 1 unspecified atom stereocenters. The largest absolute Gasteiger partial charge is 0.264 e. The van der Waals surface area contributed by atoms with Gasteiger partial charge in [0, 0.05) is 18.4 Å². The van der Waals surface area contributed by atoms with E-state index in [1.54, 1.807) is 31.5 Å². The molecule has 0 aliphatic carbocycles. The van der Waals surface area contributed by atoms with Gasteiger partial charge in [-0.3, -0.25) is 4.98 Å². The molecule has 130 valence electrons. The number of hydrogen-bond acceptors (Lipinski definition) is 3. The highest BCUT2D eigenvalue weighted by atomic mass is 32.2. The summed E-state index contributed by atoms with van der Waals surface area (Å²) in [6.07, 6.45) is 3.82. The van der Waals surface area contributed by atoms with Crippen LogP contribution in [0.15, 0.2) is 47.6 Å². The molecule has 0 fully saturated rings. The number of aromatic nitrogens is 1. The maximum atomic E-state index is 14.0. The Hall–Kier alpha value is -1.79. The van der Waals surface area contributed by atoms with Crippen LogP contribution in [0.5, 0.6) is 0 Å². The highest BCUT2D eigenvalue weighted by molar-refractivity contribution is 7.89. The van der Waals surface area contributed by atoms with Crippen LogP contribution in [0.3, 0.4) is 0 Å². The summed E-state index contributed by atoms with van der Waals surface area (Å²) in [5, 5.41) is 0. The topological polar surface area (TPSA) is 59.1 Å². The molecule has 1 atom stereocenters. The molecular formula is C18H23FN2O2S. The zero-order chi connectivity index (χ0) is 18.0. The van der Waals surface area contributed by atoms with Crippen molar-refractivity contribution in [3.8, 4) is 0 Å². The van der Waals surface area contributed by atoms with Crippen LogP contribution in [0, 0.1) is 18.2 Å². The monoisotopic (exact) mass is 350 g/mol. The first-order valence-corrected chi connectivity index (χ1v) is 9.25. The van der Waals surface area contributed by atoms with Crippen LogP contribution in [0.25, 0.3) is 0 Å². The third-order valence-electron chi connectivity index (χ3n) is 3.58. The van der Waals surface area contributed by atoms with Crippen LogP contribution < -0.4 is 4.72 Å². The number of sulfonamides is 1. The van der Waals surface area contributed by atoms with Crippen molar-refractivity contribution in [3.63, 3.8) is 0 Å². The molecule has 4 nitrogen and oxygen atoms in total. The summed E-state index contributed by atoms with van der Waals surface area (Å²) in [4.78, 5) is 3.73. The van der Waals surface area contributed by atoms with Crippen molar-refractivity contribution in [2.45, 2.75) is 45.1 Å². The SMILES string of the molecule is Cc1ccc(F)c(S(=O)(=O)NC(CC(C)(C)C)c2cccnc2)c1. The maximum Gasteiger partial charge on any atom is 0.244 e. The van der Waals surface area contributed by atoms with Crippen molar-refractivity contribution < 1.29 is 12.8 Å². The van der Waals surface area contributed by atoms with E-state index in [1.165, 1.54) is 12.1 Å². The third-order valence-corrected chi connectivity index (χ3v) is 5.06. The quantitative estimate of drug-likeness (QED) is 0.887. The fourth-order valence-electron chi connectivity index (χ4n) is 2.49. The lowest BCUT2D eigenvalue weighted by Gasteiger charge is -2.27. The Labute approximate surface area is 143 Å². The first kappa shape index (κ1) is 18.5. The molecule has 0 spiro atoms. The van der Waals surface area contributed by atoms with Crippen molar-refractivity contribution in [2.24, 2.45) is 5.41 Å². The van der Waals surface area contributed by atoms with E-state index in [-0.39, 0.29) is 10.3 Å². The van der Waals surface area contributed by atoms with Gasteiger partial charge < -0.3 is 0 Å². The molecule has 1 heterocycles. The Morgan fingerprint density at radius 1 is 1.25 bits per heavy atom. The summed E-state index contributed by atoms with van der Waals surface area (Å²) in [5.41, 5.74) is 1.32. The molecule has 1 aromatic heterocycles. The molecule has 0 radical (unpaired) electrons. The van der Waals surface area contributed by atoms with Gasteiger partial charge in [0.25, 0.3) is 0 Å². The van der Waals surface area contributed by atoms with Gasteiger partial charge in [-0.15, -0.1) is 0 Å². The Morgan fingerprint density at radius 2 is 1.96 bits per heavy atom. The van der Waals surface area contributed by atoms with Crippen molar-refractivity contribution >= 4 is 10.0 Å². The molecule has 6 heteroatoms. The van der Waals surface area contributed by atoms with Gasteiger partial charge in [-0.05, 0) is 48.1 Å². The van der Waals surface area contributed by atoms with Gasteiger partial charge in [-0.1, -0.05) is 32.9 Å².